The van der Waals surface area contributed by atoms with Crippen LogP contribution in [-0.4, -0.2) is 51.0 Å². The minimum absolute atomic E-state index is 0.00343. The van der Waals surface area contributed by atoms with Gasteiger partial charge in [-0.1, -0.05) is 42.8 Å². The van der Waals surface area contributed by atoms with Gasteiger partial charge in [-0.15, -0.1) is 0 Å². The fourth-order valence-corrected chi connectivity index (χ4v) is 4.62. The predicted molar refractivity (Wildman–Crippen MR) is 129 cm³/mol. The fourth-order valence-electron chi connectivity index (χ4n) is 3.56. The zero-order chi connectivity index (χ0) is 26.6. The molecule has 2 amide bonds. The molecule has 1 unspecified atom stereocenters. The molecule has 12 heteroatoms. The van der Waals surface area contributed by atoms with Crippen LogP contribution in [0.5, 0.6) is 0 Å². The number of carbonyl (C=O) groups is 2. The van der Waals surface area contributed by atoms with E-state index in [1.807, 2.05) is 19.1 Å². The van der Waals surface area contributed by atoms with Gasteiger partial charge in [0.1, 0.15) is 12.6 Å². The van der Waals surface area contributed by atoms with E-state index in [4.69, 9.17) is 11.6 Å². The molecule has 0 saturated heterocycles. The molecular formula is C23H27ClF3N3O4S. The monoisotopic (exact) mass is 533 g/mol. The molecule has 0 radical (unpaired) electrons. The molecule has 0 aliphatic heterocycles. The van der Waals surface area contributed by atoms with Crippen molar-refractivity contribution in [2.45, 2.75) is 39.0 Å². The topological polar surface area (TPSA) is 86.8 Å². The van der Waals surface area contributed by atoms with Crippen LogP contribution < -0.4 is 9.62 Å². The minimum Gasteiger partial charge on any atom is -0.357 e. The molecule has 0 aliphatic rings. The van der Waals surface area contributed by atoms with E-state index in [1.54, 1.807) is 19.1 Å². The Hall–Kier alpha value is -2.79. The second kappa shape index (κ2) is 11.3. The summed E-state index contributed by atoms with van der Waals surface area (Å²) in [5.74, 6) is -1.20. The molecule has 0 fully saturated rings. The maximum Gasteiger partial charge on any atom is 0.417 e. The summed E-state index contributed by atoms with van der Waals surface area (Å²) in [5, 5.41) is 1.89. The molecule has 0 heterocycles. The van der Waals surface area contributed by atoms with Gasteiger partial charge in [-0.05, 0) is 42.7 Å². The SMILES string of the molecule is CCC(C(=O)NC)N(Cc1ccccc1C)C(=O)CN(c1ccc(Cl)c(C(F)(F)F)c1)S(C)(=O)=O. The van der Waals surface area contributed by atoms with Crippen LogP contribution in [0.15, 0.2) is 42.5 Å². The Balaban J connectivity index is 2.53. The van der Waals surface area contributed by atoms with Crippen molar-refractivity contribution >= 4 is 39.1 Å². The van der Waals surface area contributed by atoms with Gasteiger partial charge in [0.25, 0.3) is 0 Å². The summed E-state index contributed by atoms with van der Waals surface area (Å²) in [6.07, 6.45) is -3.82. The first kappa shape index (κ1) is 28.4. The smallest absolute Gasteiger partial charge is 0.357 e. The number of nitrogens with zero attached hydrogens (tertiary/aromatic N) is 2. The highest BCUT2D eigenvalue weighted by Crippen LogP contribution is 2.37. The molecule has 0 saturated carbocycles. The molecule has 7 nitrogen and oxygen atoms in total. The van der Waals surface area contributed by atoms with Gasteiger partial charge in [0, 0.05) is 13.6 Å². The summed E-state index contributed by atoms with van der Waals surface area (Å²) < 4.78 is 65.8. The number of benzene rings is 2. The number of sulfonamides is 1. The lowest BCUT2D eigenvalue weighted by Gasteiger charge is -2.33. The van der Waals surface area contributed by atoms with Crippen molar-refractivity contribution < 1.29 is 31.2 Å². The van der Waals surface area contributed by atoms with E-state index in [-0.39, 0.29) is 18.7 Å². The summed E-state index contributed by atoms with van der Waals surface area (Å²) in [6.45, 7) is 2.72. The number of hydrogen-bond donors (Lipinski definition) is 1. The summed E-state index contributed by atoms with van der Waals surface area (Å²) >= 11 is 5.66. The quantitative estimate of drug-likeness (QED) is 0.528. The molecule has 192 valence electrons. The summed E-state index contributed by atoms with van der Waals surface area (Å²) in [7, 11) is -2.77. The van der Waals surface area contributed by atoms with Crippen LogP contribution >= 0.6 is 11.6 Å². The molecule has 2 aromatic carbocycles. The number of rotatable bonds is 9. The van der Waals surface area contributed by atoms with Crippen LogP contribution in [0.25, 0.3) is 0 Å². The highest BCUT2D eigenvalue weighted by molar-refractivity contribution is 7.92. The third kappa shape index (κ3) is 7.11. The van der Waals surface area contributed by atoms with E-state index in [2.05, 4.69) is 5.32 Å². The van der Waals surface area contributed by atoms with Gasteiger partial charge >= 0.3 is 6.18 Å². The van der Waals surface area contributed by atoms with E-state index < -0.39 is 51.2 Å². The Morgan fingerprint density at radius 1 is 1.14 bits per heavy atom. The Morgan fingerprint density at radius 3 is 2.29 bits per heavy atom. The Morgan fingerprint density at radius 2 is 1.77 bits per heavy atom. The second-order valence-corrected chi connectivity index (χ2v) is 10.2. The molecule has 0 bridgehead atoms. The molecule has 1 atom stereocenters. The molecule has 0 aromatic heterocycles. The number of aryl methyl sites for hydroxylation is 1. The van der Waals surface area contributed by atoms with Crippen LogP contribution in [0, 0.1) is 6.92 Å². The van der Waals surface area contributed by atoms with Gasteiger partial charge in [-0.2, -0.15) is 13.2 Å². The number of anilines is 1. The fraction of sp³-hybridized carbons (Fsp3) is 0.391. The van der Waals surface area contributed by atoms with E-state index in [0.717, 1.165) is 29.5 Å². The summed E-state index contributed by atoms with van der Waals surface area (Å²) in [5.41, 5.74) is -0.0164. The third-order valence-corrected chi connectivity index (χ3v) is 6.93. The van der Waals surface area contributed by atoms with Crippen LogP contribution in [-0.2, 0) is 32.3 Å². The molecule has 2 aromatic rings. The van der Waals surface area contributed by atoms with Gasteiger partial charge in [0.05, 0.1) is 22.5 Å². The van der Waals surface area contributed by atoms with E-state index >= 15 is 0 Å². The van der Waals surface area contributed by atoms with E-state index in [1.165, 1.54) is 11.9 Å². The average Bonchev–Trinajstić information content (AvgIpc) is 2.77. The van der Waals surface area contributed by atoms with Gasteiger partial charge in [0.2, 0.25) is 21.8 Å². The van der Waals surface area contributed by atoms with Crippen LogP contribution in [0.2, 0.25) is 5.02 Å². The molecule has 0 spiro atoms. The molecular weight excluding hydrogens is 507 g/mol. The van der Waals surface area contributed by atoms with Crippen LogP contribution in [0.3, 0.4) is 0 Å². The van der Waals surface area contributed by atoms with E-state index in [0.29, 0.717) is 10.4 Å². The van der Waals surface area contributed by atoms with Gasteiger partial charge in [0.15, 0.2) is 0 Å². The van der Waals surface area contributed by atoms with Crippen molar-refractivity contribution in [2.24, 2.45) is 0 Å². The highest BCUT2D eigenvalue weighted by Gasteiger charge is 2.36. The van der Waals surface area contributed by atoms with Crippen LogP contribution in [0.1, 0.15) is 30.0 Å². The Labute approximate surface area is 207 Å². The zero-order valence-electron chi connectivity index (χ0n) is 19.7. The zero-order valence-corrected chi connectivity index (χ0v) is 21.3. The number of amides is 2. The first-order valence-electron chi connectivity index (χ1n) is 10.6. The van der Waals surface area contributed by atoms with Crippen molar-refractivity contribution in [3.63, 3.8) is 0 Å². The third-order valence-electron chi connectivity index (χ3n) is 5.46. The maximum atomic E-state index is 13.5. The van der Waals surface area contributed by atoms with Crippen molar-refractivity contribution in [2.75, 3.05) is 24.2 Å². The molecule has 1 N–H and O–H groups in total. The largest absolute Gasteiger partial charge is 0.417 e. The normalized spacial score (nSPS) is 12.7. The first-order valence-corrected chi connectivity index (χ1v) is 12.8. The number of nitrogens with one attached hydrogen (secondary N) is 1. The summed E-state index contributed by atoms with van der Waals surface area (Å²) in [4.78, 5) is 27.2. The number of likely N-dealkylation sites (N-methyl/N-ethyl adjacent to an activating group) is 1. The molecule has 2 rings (SSSR count). The predicted octanol–water partition coefficient (Wildman–Crippen LogP) is 3.99. The number of halogens is 4. The average molecular weight is 534 g/mol. The van der Waals surface area contributed by atoms with Crippen molar-refractivity contribution in [1.29, 1.82) is 0 Å². The number of hydrogen-bond acceptors (Lipinski definition) is 4. The molecule has 35 heavy (non-hydrogen) atoms. The van der Waals surface area contributed by atoms with Gasteiger partial charge in [-0.25, -0.2) is 8.42 Å². The number of alkyl halides is 3. The van der Waals surface area contributed by atoms with Gasteiger partial charge in [-0.3, -0.25) is 13.9 Å². The van der Waals surface area contributed by atoms with Crippen molar-refractivity contribution in [1.82, 2.24) is 10.2 Å². The lowest BCUT2D eigenvalue weighted by Crippen LogP contribution is -2.51. The van der Waals surface area contributed by atoms with E-state index in [9.17, 15) is 31.2 Å². The summed E-state index contributed by atoms with van der Waals surface area (Å²) in [6, 6.07) is 8.85. The van der Waals surface area contributed by atoms with Crippen molar-refractivity contribution in [3.05, 3.63) is 64.2 Å². The highest BCUT2D eigenvalue weighted by atomic mass is 35.5. The Kier molecular flexibility index (Phi) is 9.18. The van der Waals surface area contributed by atoms with Gasteiger partial charge < -0.3 is 10.2 Å². The standard InChI is InChI=1S/C23H27ClF3N3O4S/c1-5-20(22(32)28-3)29(13-16-9-7-6-8-15(16)2)21(31)14-30(35(4,33)34)17-10-11-19(24)18(12-17)23(25,26)27/h6-12,20H,5,13-14H2,1-4H3,(H,28,32). The number of carbonyl (C=O) groups excluding carboxylic acids is 2. The lowest BCUT2D eigenvalue weighted by atomic mass is 10.1. The van der Waals surface area contributed by atoms with Crippen LogP contribution in [0.4, 0.5) is 18.9 Å². The Bertz CT molecular complexity index is 1190. The second-order valence-electron chi connectivity index (χ2n) is 7.92. The minimum atomic E-state index is -4.83. The first-order chi connectivity index (χ1) is 16.2. The molecule has 0 aliphatic carbocycles. The van der Waals surface area contributed by atoms with Crippen molar-refractivity contribution in [3.8, 4) is 0 Å². The maximum absolute atomic E-state index is 13.5. The lowest BCUT2D eigenvalue weighted by molar-refractivity contribution is -0.140.